The van der Waals surface area contributed by atoms with E-state index in [9.17, 15) is 4.79 Å². The molecule has 4 heteroatoms. The van der Waals surface area contributed by atoms with Gasteiger partial charge in [0, 0.05) is 12.6 Å². The average molecular weight is 353 g/mol. The van der Waals surface area contributed by atoms with Crippen LogP contribution in [0.15, 0.2) is 48.5 Å². The van der Waals surface area contributed by atoms with Crippen LogP contribution >= 0.6 is 0 Å². The number of hydrogen-bond acceptors (Lipinski definition) is 3. The highest BCUT2D eigenvalue weighted by Crippen LogP contribution is 2.23. The first-order chi connectivity index (χ1) is 12.7. The van der Waals surface area contributed by atoms with E-state index < -0.39 is 0 Å². The summed E-state index contributed by atoms with van der Waals surface area (Å²) in [5, 5.41) is 3.10. The molecule has 0 bridgehead atoms. The van der Waals surface area contributed by atoms with Crippen LogP contribution in [-0.4, -0.2) is 31.8 Å². The van der Waals surface area contributed by atoms with E-state index in [1.807, 2.05) is 26.0 Å². The molecule has 2 aromatic rings. The van der Waals surface area contributed by atoms with Crippen molar-refractivity contribution in [2.24, 2.45) is 5.92 Å². The lowest BCUT2D eigenvalue weighted by atomic mass is 10.0. The highest BCUT2D eigenvalue weighted by molar-refractivity contribution is 5.79. The smallest absolute Gasteiger partial charge is 0.225 e. The molecule has 1 heterocycles. The van der Waals surface area contributed by atoms with Crippen LogP contribution in [0.25, 0.3) is 11.1 Å². The first-order valence-electron chi connectivity index (χ1n) is 9.36. The number of benzene rings is 2. The summed E-state index contributed by atoms with van der Waals surface area (Å²) in [5.41, 5.74) is 3.56. The van der Waals surface area contributed by atoms with Crippen LogP contribution in [0.4, 0.5) is 0 Å². The normalized spacial score (nSPS) is 17.7. The van der Waals surface area contributed by atoms with E-state index in [1.165, 1.54) is 16.7 Å². The van der Waals surface area contributed by atoms with E-state index in [0.29, 0.717) is 19.8 Å². The van der Waals surface area contributed by atoms with Crippen molar-refractivity contribution in [1.29, 1.82) is 0 Å². The molecule has 1 N–H and O–H groups in total. The molecular weight excluding hydrogens is 326 g/mol. The molecule has 3 rings (SSSR count). The van der Waals surface area contributed by atoms with E-state index in [0.717, 1.165) is 18.6 Å². The zero-order chi connectivity index (χ0) is 18.4. The van der Waals surface area contributed by atoms with Crippen molar-refractivity contribution < 1.29 is 14.3 Å². The highest BCUT2D eigenvalue weighted by Gasteiger charge is 2.24. The lowest BCUT2D eigenvalue weighted by Gasteiger charge is -2.16. The Morgan fingerprint density at radius 1 is 1.15 bits per heavy atom. The molecule has 1 saturated heterocycles. The predicted molar refractivity (Wildman–Crippen MR) is 103 cm³/mol. The fraction of sp³-hybridized carbons (Fsp3) is 0.409. The lowest BCUT2D eigenvalue weighted by molar-refractivity contribution is -0.125. The van der Waals surface area contributed by atoms with Gasteiger partial charge in [0.15, 0.2) is 0 Å². The first kappa shape index (κ1) is 18.5. The van der Waals surface area contributed by atoms with Crippen LogP contribution in [0.3, 0.4) is 0 Å². The standard InChI is InChI=1S/C22H27NO3/c1-3-26-21-10-8-19(9-11-21)18-6-4-17(5-7-18)14-16(2)23-22(24)20-12-13-25-15-20/h4-11,16,20H,3,12-15H2,1-2H3,(H,23,24). The van der Waals surface area contributed by atoms with Crippen LogP contribution in [0.5, 0.6) is 5.75 Å². The van der Waals surface area contributed by atoms with Crippen LogP contribution in [-0.2, 0) is 16.0 Å². The summed E-state index contributed by atoms with van der Waals surface area (Å²) in [5.74, 6) is 1.02. The lowest BCUT2D eigenvalue weighted by Crippen LogP contribution is -2.38. The molecule has 2 aromatic carbocycles. The Bertz CT molecular complexity index is 703. The summed E-state index contributed by atoms with van der Waals surface area (Å²) < 4.78 is 10.8. The average Bonchev–Trinajstić information content (AvgIpc) is 3.18. The van der Waals surface area contributed by atoms with Gasteiger partial charge in [0.05, 0.1) is 19.1 Å². The quantitative estimate of drug-likeness (QED) is 0.823. The summed E-state index contributed by atoms with van der Waals surface area (Å²) in [6.45, 7) is 5.96. The minimum atomic E-state index is 0.0134. The molecule has 2 atom stereocenters. The molecule has 0 saturated carbocycles. The molecule has 2 unspecified atom stereocenters. The highest BCUT2D eigenvalue weighted by atomic mass is 16.5. The van der Waals surface area contributed by atoms with Crippen molar-refractivity contribution in [2.75, 3.05) is 19.8 Å². The number of hydrogen-bond donors (Lipinski definition) is 1. The van der Waals surface area contributed by atoms with Gasteiger partial charge in [-0.1, -0.05) is 36.4 Å². The van der Waals surface area contributed by atoms with Crippen molar-refractivity contribution in [2.45, 2.75) is 32.7 Å². The monoisotopic (exact) mass is 353 g/mol. The third kappa shape index (κ3) is 4.85. The van der Waals surface area contributed by atoms with Gasteiger partial charge in [-0.15, -0.1) is 0 Å². The number of ether oxygens (including phenoxy) is 2. The molecule has 1 fully saturated rings. The SMILES string of the molecule is CCOc1ccc(-c2ccc(CC(C)NC(=O)C3CCOC3)cc2)cc1. The maximum absolute atomic E-state index is 12.2. The van der Waals surface area contributed by atoms with Crippen LogP contribution in [0.1, 0.15) is 25.8 Å². The molecule has 0 aliphatic carbocycles. The Hall–Kier alpha value is -2.33. The maximum Gasteiger partial charge on any atom is 0.225 e. The molecule has 0 aromatic heterocycles. The van der Waals surface area contributed by atoms with E-state index in [1.54, 1.807) is 0 Å². The Kier molecular flexibility index (Phi) is 6.29. The molecule has 0 radical (unpaired) electrons. The predicted octanol–water partition coefficient (Wildman–Crippen LogP) is 3.84. The van der Waals surface area contributed by atoms with Gasteiger partial charge in [0.25, 0.3) is 0 Å². The van der Waals surface area contributed by atoms with Gasteiger partial charge in [0.2, 0.25) is 5.91 Å². The molecule has 26 heavy (non-hydrogen) atoms. The fourth-order valence-corrected chi connectivity index (χ4v) is 3.25. The topological polar surface area (TPSA) is 47.6 Å². The minimum Gasteiger partial charge on any atom is -0.494 e. The molecule has 1 aliphatic rings. The van der Waals surface area contributed by atoms with Crippen molar-refractivity contribution in [3.63, 3.8) is 0 Å². The maximum atomic E-state index is 12.2. The Morgan fingerprint density at radius 3 is 2.38 bits per heavy atom. The summed E-state index contributed by atoms with van der Waals surface area (Å²) >= 11 is 0. The summed E-state index contributed by atoms with van der Waals surface area (Å²) in [4.78, 5) is 12.2. The molecule has 0 spiro atoms. The van der Waals surface area contributed by atoms with Crippen LogP contribution in [0.2, 0.25) is 0 Å². The third-order valence-corrected chi connectivity index (χ3v) is 4.68. The number of nitrogens with one attached hydrogen (secondary N) is 1. The van der Waals surface area contributed by atoms with Gasteiger partial charge in [-0.3, -0.25) is 4.79 Å². The van der Waals surface area contributed by atoms with E-state index >= 15 is 0 Å². The first-order valence-corrected chi connectivity index (χ1v) is 9.36. The van der Waals surface area contributed by atoms with E-state index in [2.05, 4.69) is 41.7 Å². The number of carbonyl (C=O) groups excluding carboxylic acids is 1. The molecule has 4 nitrogen and oxygen atoms in total. The fourth-order valence-electron chi connectivity index (χ4n) is 3.25. The number of rotatable bonds is 7. The van der Waals surface area contributed by atoms with Crippen molar-refractivity contribution in [3.05, 3.63) is 54.1 Å². The second-order valence-electron chi connectivity index (χ2n) is 6.83. The molecular formula is C22H27NO3. The van der Waals surface area contributed by atoms with Crippen molar-refractivity contribution >= 4 is 5.91 Å². The zero-order valence-corrected chi connectivity index (χ0v) is 15.5. The summed E-state index contributed by atoms with van der Waals surface area (Å²) in [6.07, 6.45) is 1.65. The molecule has 1 aliphatic heterocycles. The largest absolute Gasteiger partial charge is 0.494 e. The van der Waals surface area contributed by atoms with Crippen molar-refractivity contribution in [1.82, 2.24) is 5.32 Å². The van der Waals surface area contributed by atoms with Gasteiger partial charge < -0.3 is 14.8 Å². The number of carbonyl (C=O) groups is 1. The van der Waals surface area contributed by atoms with Crippen LogP contribution < -0.4 is 10.1 Å². The minimum absolute atomic E-state index is 0.0134. The third-order valence-electron chi connectivity index (χ3n) is 4.68. The van der Waals surface area contributed by atoms with E-state index in [4.69, 9.17) is 9.47 Å². The van der Waals surface area contributed by atoms with Crippen molar-refractivity contribution in [3.8, 4) is 16.9 Å². The van der Waals surface area contributed by atoms with Gasteiger partial charge >= 0.3 is 0 Å². The van der Waals surface area contributed by atoms with Gasteiger partial charge in [-0.05, 0) is 55.5 Å². The van der Waals surface area contributed by atoms with Gasteiger partial charge in [-0.25, -0.2) is 0 Å². The summed E-state index contributed by atoms with van der Waals surface area (Å²) in [7, 11) is 0. The van der Waals surface area contributed by atoms with E-state index in [-0.39, 0.29) is 17.9 Å². The second kappa shape index (κ2) is 8.86. The Labute approximate surface area is 155 Å². The molecule has 138 valence electrons. The zero-order valence-electron chi connectivity index (χ0n) is 15.5. The van der Waals surface area contributed by atoms with Crippen LogP contribution in [0, 0.1) is 5.92 Å². The Morgan fingerprint density at radius 2 is 1.81 bits per heavy atom. The molecule has 1 amide bonds. The second-order valence-corrected chi connectivity index (χ2v) is 6.83. The number of amides is 1. The Balaban J connectivity index is 1.55. The van der Waals surface area contributed by atoms with Gasteiger partial charge in [-0.2, -0.15) is 0 Å². The van der Waals surface area contributed by atoms with Gasteiger partial charge in [0.1, 0.15) is 5.75 Å². The summed E-state index contributed by atoms with van der Waals surface area (Å²) in [6, 6.07) is 16.8.